The minimum Gasteiger partial charge on any atom is -0.351 e. The summed E-state index contributed by atoms with van der Waals surface area (Å²) in [4.78, 5) is 13.1. The van der Waals surface area contributed by atoms with Crippen LogP contribution >= 0.6 is 27.5 Å². The van der Waals surface area contributed by atoms with E-state index in [4.69, 9.17) is 11.6 Å². The Bertz CT molecular complexity index is 1350. The van der Waals surface area contributed by atoms with Crippen LogP contribution in [0.2, 0.25) is 0 Å². The Morgan fingerprint density at radius 3 is 2.16 bits per heavy atom. The number of carbonyl (C=O) groups is 1. The first-order valence-corrected chi connectivity index (χ1v) is 11.9. The second kappa shape index (κ2) is 8.42. The maximum atomic E-state index is 13.1. The second-order valence-electron chi connectivity index (χ2n) is 6.92. The summed E-state index contributed by atoms with van der Waals surface area (Å²) in [5.41, 5.74) is 2.35. The van der Waals surface area contributed by atoms with Crippen LogP contribution in [-0.4, -0.2) is 19.9 Å². The van der Waals surface area contributed by atoms with Gasteiger partial charge in [-0.15, -0.1) is 0 Å². The van der Waals surface area contributed by atoms with Crippen molar-refractivity contribution in [1.82, 2.24) is 0 Å². The molecular formula is C23H16BrClN2O3S. The van der Waals surface area contributed by atoms with E-state index in [1.165, 1.54) is 12.1 Å². The number of hydrogen-bond acceptors (Lipinski definition) is 4. The van der Waals surface area contributed by atoms with Gasteiger partial charge in [0.2, 0.25) is 5.78 Å². The number of rotatable bonds is 4. The van der Waals surface area contributed by atoms with Crippen LogP contribution in [0.5, 0.6) is 0 Å². The van der Waals surface area contributed by atoms with Crippen molar-refractivity contribution in [3.63, 3.8) is 0 Å². The molecule has 0 unspecified atom stereocenters. The van der Waals surface area contributed by atoms with E-state index in [0.29, 0.717) is 16.8 Å². The number of benzene rings is 3. The molecule has 0 saturated carbocycles. The minimum absolute atomic E-state index is 0.0250. The molecule has 0 amide bonds. The molecule has 1 aliphatic rings. The Morgan fingerprint density at radius 2 is 1.52 bits per heavy atom. The van der Waals surface area contributed by atoms with Gasteiger partial charge < -0.3 is 5.32 Å². The van der Waals surface area contributed by atoms with Gasteiger partial charge in [-0.05, 0) is 43.3 Å². The zero-order valence-electron chi connectivity index (χ0n) is 16.3. The van der Waals surface area contributed by atoms with Crippen LogP contribution in [0, 0.1) is 6.92 Å². The summed E-state index contributed by atoms with van der Waals surface area (Å²) in [5.74, 6) is -0.338. The molecule has 3 aromatic rings. The van der Waals surface area contributed by atoms with Crippen LogP contribution in [0.25, 0.3) is 0 Å². The summed E-state index contributed by atoms with van der Waals surface area (Å²) < 4.78 is 30.9. The third-order valence-electron chi connectivity index (χ3n) is 4.73. The lowest BCUT2D eigenvalue weighted by Crippen LogP contribution is -2.25. The lowest BCUT2D eigenvalue weighted by Gasteiger charge is -2.21. The van der Waals surface area contributed by atoms with Gasteiger partial charge in [-0.1, -0.05) is 69.5 Å². The number of ketones is 1. The van der Waals surface area contributed by atoms with Gasteiger partial charge in [0.15, 0.2) is 0 Å². The molecule has 156 valence electrons. The minimum atomic E-state index is -4.05. The maximum absolute atomic E-state index is 13.1. The molecule has 0 aromatic heterocycles. The van der Waals surface area contributed by atoms with Crippen LogP contribution in [0.3, 0.4) is 0 Å². The molecule has 31 heavy (non-hydrogen) atoms. The van der Waals surface area contributed by atoms with Crippen molar-refractivity contribution in [3.05, 3.63) is 105 Å². The molecule has 0 saturated heterocycles. The summed E-state index contributed by atoms with van der Waals surface area (Å²) in [7, 11) is -4.05. The fraction of sp³-hybridized carbons (Fsp3) is 0.0435. The Balaban J connectivity index is 1.86. The number of halogens is 2. The van der Waals surface area contributed by atoms with E-state index in [1.54, 1.807) is 48.5 Å². The third-order valence-corrected chi connectivity index (χ3v) is 6.91. The highest BCUT2D eigenvalue weighted by molar-refractivity contribution is 9.10. The largest absolute Gasteiger partial charge is 0.351 e. The van der Waals surface area contributed by atoms with E-state index >= 15 is 0 Å². The van der Waals surface area contributed by atoms with Gasteiger partial charge >= 0.3 is 0 Å². The van der Waals surface area contributed by atoms with Gasteiger partial charge in [-0.2, -0.15) is 12.8 Å². The molecule has 0 aliphatic heterocycles. The highest BCUT2D eigenvalue weighted by Gasteiger charge is 2.31. The third kappa shape index (κ3) is 4.35. The number of anilines is 1. The normalized spacial score (nSPS) is 15.2. The SMILES string of the molecule is Cc1ccc(S(=O)(=O)/N=C2\C(Cl)=C(Nc3ccc(Br)cc3)C(=O)c3ccccc32)cc1. The molecule has 0 bridgehead atoms. The van der Waals surface area contributed by atoms with E-state index in [9.17, 15) is 13.2 Å². The number of nitrogens with one attached hydrogen (secondary N) is 1. The molecule has 3 aromatic carbocycles. The lowest BCUT2D eigenvalue weighted by molar-refractivity contribution is 0.103. The Hall–Kier alpha value is -2.74. The molecule has 0 spiro atoms. The number of fused-ring (bicyclic) bond motifs is 1. The molecule has 0 radical (unpaired) electrons. The molecule has 8 heteroatoms. The first-order valence-electron chi connectivity index (χ1n) is 9.25. The van der Waals surface area contributed by atoms with Crippen LogP contribution in [0.15, 0.2) is 97.3 Å². The monoisotopic (exact) mass is 514 g/mol. The lowest BCUT2D eigenvalue weighted by atomic mass is 9.92. The number of Topliss-reactive ketones (excluding diaryl/α,β-unsaturated/α-hetero) is 1. The Kier molecular flexibility index (Phi) is 5.83. The number of carbonyl (C=O) groups excluding carboxylic acids is 1. The highest BCUT2D eigenvalue weighted by Crippen LogP contribution is 2.31. The summed E-state index contributed by atoms with van der Waals surface area (Å²) in [6.45, 7) is 1.87. The Labute approximate surface area is 193 Å². The molecule has 0 fully saturated rings. The van der Waals surface area contributed by atoms with Gasteiger partial charge in [-0.25, -0.2) is 0 Å². The van der Waals surface area contributed by atoms with Crippen LogP contribution < -0.4 is 5.32 Å². The van der Waals surface area contributed by atoms with Crippen molar-refractivity contribution in [2.75, 3.05) is 5.32 Å². The van der Waals surface area contributed by atoms with Crippen molar-refractivity contribution < 1.29 is 13.2 Å². The molecule has 0 atom stereocenters. The van der Waals surface area contributed by atoms with E-state index in [0.717, 1.165) is 10.0 Å². The maximum Gasteiger partial charge on any atom is 0.282 e. The number of allylic oxidation sites excluding steroid dienone is 2. The summed E-state index contributed by atoms with van der Waals surface area (Å²) in [6.07, 6.45) is 0. The van der Waals surface area contributed by atoms with Crippen molar-refractivity contribution >= 4 is 54.7 Å². The smallest absolute Gasteiger partial charge is 0.282 e. The first kappa shape index (κ1) is 21.5. The van der Waals surface area contributed by atoms with Gasteiger partial charge in [0.05, 0.1) is 9.93 Å². The van der Waals surface area contributed by atoms with E-state index < -0.39 is 10.0 Å². The Morgan fingerprint density at radius 1 is 0.903 bits per heavy atom. The zero-order valence-corrected chi connectivity index (χ0v) is 19.4. The predicted octanol–water partition coefficient (Wildman–Crippen LogP) is 5.69. The molecule has 0 heterocycles. The fourth-order valence-corrected chi connectivity index (χ4v) is 4.73. The van der Waals surface area contributed by atoms with Crippen molar-refractivity contribution in [3.8, 4) is 0 Å². The van der Waals surface area contributed by atoms with Gasteiger partial charge in [0, 0.05) is 21.3 Å². The van der Waals surface area contributed by atoms with Crippen LogP contribution in [-0.2, 0) is 10.0 Å². The number of sulfonamides is 1. The van der Waals surface area contributed by atoms with Crippen molar-refractivity contribution in [2.45, 2.75) is 11.8 Å². The quantitative estimate of drug-likeness (QED) is 0.484. The topological polar surface area (TPSA) is 75.6 Å². The van der Waals surface area contributed by atoms with Gasteiger partial charge in [0.25, 0.3) is 10.0 Å². The molecule has 5 nitrogen and oxygen atoms in total. The van der Waals surface area contributed by atoms with E-state index in [-0.39, 0.29) is 27.1 Å². The molecule has 4 rings (SSSR count). The molecular weight excluding hydrogens is 500 g/mol. The number of aryl methyl sites for hydroxylation is 1. The predicted molar refractivity (Wildman–Crippen MR) is 126 cm³/mol. The number of nitrogens with zero attached hydrogens (tertiary/aromatic N) is 1. The summed E-state index contributed by atoms with van der Waals surface area (Å²) in [5, 5.41) is 2.96. The fourth-order valence-electron chi connectivity index (χ4n) is 3.12. The zero-order chi connectivity index (χ0) is 22.2. The molecule has 1 aliphatic carbocycles. The van der Waals surface area contributed by atoms with Crippen LogP contribution in [0.4, 0.5) is 5.69 Å². The highest BCUT2D eigenvalue weighted by atomic mass is 79.9. The average Bonchev–Trinajstić information content (AvgIpc) is 2.76. The second-order valence-corrected chi connectivity index (χ2v) is 9.82. The van der Waals surface area contributed by atoms with E-state index in [1.807, 2.05) is 19.1 Å². The van der Waals surface area contributed by atoms with Crippen molar-refractivity contribution in [2.24, 2.45) is 4.40 Å². The van der Waals surface area contributed by atoms with Crippen LogP contribution in [0.1, 0.15) is 21.5 Å². The summed E-state index contributed by atoms with van der Waals surface area (Å²) in [6, 6.07) is 20.2. The van der Waals surface area contributed by atoms with Crippen molar-refractivity contribution in [1.29, 1.82) is 0 Å². The summed E-state index contributed by atoms with van der Waals surface area (Å²) >= 11 is 9.93. The first-order chi connectivity index (χ1) is 14.8. The van der Waals surface area contributed by atoms with Gasteiger partial charge in [0.1, 0.15) is 11.4 Å². The standard InChI is InChI=1S/C23H16BrClN2O3S/c1-14-6-12-17(13-7-14)31(29,30)27-21-18-4-2-3-5-19(18)23(28)22(20(21)25)26-16-10-8-15(24)9-11-16/h2-13,26H,1H3/b27-21-. The number of hydrogen-bond donors (Lipinski definition) is 1. The molecule has 1 N–H and O–H groups in total. The van der Waals surface area contributed by atoms with E-state index in [2.05, 4.69) is 25.6 Å². The average molecular weight is 516 g/mol. The van der Waals surface area contributed by atoms with Gasteiger partial charge in [-0.3, -0.25) is 4.79 Å².